The Morgan fingerprint density at radius 3 is 2.00 bits per heavy atom. The third kappa shape index (κ3) is 2.35. The molecule has 0 spiro atoms. The van der Waals surface area contributed by atoms with E-state index in [-0.39, 0.29) is 0 Å². The summed E-state index contributed by atoms with van der Waals surface area (Å²) < 4.78 is 5.14. The van der Waals surface area contributed by atoms with Gasteiger partial charge in [-0.1, -0.05) is 78.9 Å². The molecule has 166 valence electrons. The highest BCUT2D eigenvalue weighted by atomic mass is 32.1. The fraction of sp³-hybridized carbons (Fsp3) is 0. The van der Waals surface area contributed by atoms with E-state index in [0.29, 0.717) is 0 Å². The number of hydrogen-bond donors (Lipinski definition) is 0. The van der Waals surface area contributed by atoms with E-state index in [0.717, 1.165) is 0 Å². The fourth-order valence-corrected chi connectivity index (χ4v) is 7.43. The maximum Gasteiger partial charge on any atom is 0.0620 e. The molecule has 3 heterocycles. The van der Waals surface area contributed by atoms with Crippen LogP contribution >= 0.6 is 11.3 Å². The van der Waals surface area contributed by atoms with Crippen molar-refractivity contribution in [3.63, 3.8) is 0 Å². The minimum atomic E-state index is 1.27. The maximum atomic E-state index is 2.44. The molecule has 9 rings (SSSR count). The number of hydrogen-bond acceptors (Lipinski definition) is 1. The maximum absolute atomic E-state index is 2.44. The Balaban J connectivity index is 1.29. The van der Waals surface area contributed by atoms with Gasteiger partial charge in [-0.25, -0.2) is 0 Å². The van der Waals surface area contributed by atoms with Crippen molar-refractivity contribution in [2.75, 3.05) is 0 Å². The number of aromatic nitrogens is 1. The zero-order valence-corrected chi connectivity index (χ0v) is 20.1. The highest BCUT2D eigenvalue weighted by Gasteiger charge is 2.17. The molecule has 0 amide bonds. The van der Waals surface area contributed by atoms with Gasteiger partial charge in [-0.2, -0.15) is 0 Å². The van der Waals surface area contributed by atoms with Crippen LogP contribution in [-0.2, 0) is 0 Å². The van der Waals surface area contributed by atoms with Crippen molar-refractivity contribution in [2.45, 2.75) is 0 Å². The lowest BCUT2D eigenvalue weighted by molar-refractivity contribution is 1.37. The van der Waals surface area contributed by atoms with Gasteiger partial charge in [-0.15, -0.1) is 11.3 Å². The fourth-order valence-electron chi connectivity index (χ4n) is 6.25. The molecular weight excluding hydrogens is 454 g/mol. The summed E-state index contributed by atoms with van der Waals surface area (Å²) in [5.41, 5.74) is 6.43. The zero-order valence-electron chi connectivity index (χ0n) is 19.3. The second kappa shape index (κ2) is 6.63. The van der Waals surface area contributed by atoms with Crippen LogP contribution in [0.1, 0.15) is 0 Å². The van der Waals surface area contributed by atoms with E-state index in [4.69, 9.17) is 0 Å². The van der Waals surface area contributed by atoms with Crippen LogP contribution in [0.2, 0.25) is 0 Å². The third-order valence-corrected chi connectivity index (χ3v) is 9.01. The average molecular weight is 474 g/mol. The summed E-state index contributed by atoms with van der Waals surface area (Å²) in [5.74, 6) is 0. The van der Waals surface area contributed by atoms with Crippen LogP contribution in [-0.4, -0.2) is 4.40 Å². The van der Waals surface area contributed by atoms with Gasteiger partial charge in [-0.3, -0.25) is 0 Å². The van der Waals surface area contributed by atoms with Crippen LogP contribution in [0.5, 0.6) is 0 Å². The van der Waals surface area contributed by atoms with E-state index >= 15 is 0 Å². The lowest BCUT2D eigenvalue weighted by Gasteiger charge is -2.04. The van der Waals surface area contributed by atoms with Crippen molar-refractivity contribution in [3.8, 4) is 11.1 Å². The minimum Gasteiger partial charge on any atom is -0.308 e. The molecule has 0 atom stereocenters. The molecule has 0 aliphatic carbocycles. The molecule has 0 unspecified atom stereocenters. The SMILES string of the molecule is c1ccc2cc3c(cc2c1)sc1cc(-c2ccc4c(c2)c2cccc5c6ccccc6n4c52)ccc13. The smallest absolute Gasteiger partial charge is 0.0620 e. The van der Waals surface area contributed by atoms with Crippen molar-refractivity contribution in [2.24, 2.45) is 0 Å². The van der Waals surface area contributed by atoms with Crippen LogP contribution < -0.4 is 0 Å². The topological polar surface area (TPSA) is 4.41 Å². The molecule has 0 saturated heterocycles. The molecule has 9 aromatic rings. The Morgan fingerprint density at radius 1 is 0.417 bits per heavy atom. The van der Waals surface area contributed by atoms with Crippen molar-refractivity contribution >= 4 is 80.4 Å². The third-order valence-electron chi connectivity index (χ3n) is 7.90. The molecule has 6 aromatic carbocycles. The molecule has 1 nitrogen and oxygen atoms in total. The van der Waals surface area contributed by atoms with E-state index in [2.05, 4.69) is 120 Å². The van der Waals surface area contributed by atoms with Gasteiger partial charge in [0.25, 0.3) is 0 Å². The average Bonchev–Trinajstić information content (AvgIpc) is 3.57. The first kappa shape index (κ1) is 18.9. The molecule has 3 aromatic heterocycles. The van der Waals surface area contributed by atoms with Crippen LogP contribution in [0, 0.1) is 0 Å². The van der Waals surface area contributed by atoms with Crippen LogP contribution in [0.3, 0.4) is 0 Å². The van der Waals surface area contributed by atoms with Gasteiger partial charge in [0.2, 0.25) is 0 Å². The summed E-state index contributed by atoms with van der Waals surface area (Å²) in [6, 6.07) is 42.7. The lowest BCUT2D eigenvalue weighted by atomic mass is 10.00. The zero-order chi connectivity index (χ0) is 23.4. The molecule has 0 fully saturated rings. The molecule has 0 saturated carbocycles. The molecule has 0 aliphatic heterocycles. The molecule has 2 heteroatoms. The molecule has 0 aliphatic rings. The largest absolute Gasteiger partial charge is 0.308 e. The highest BCUT2D eigenvalue weighted by molar-refractivity contribution is 7.25. The van der Waals surface area contributed by atoms with Gasteiger partial charge < -0.3 is 4.40 Å². The Morgan fingerprint density at radius 2 is 1.08 bits per heavy atom. The number of para-hydroxylation sites is 2. The summed E-state index contributed by atoms with van der Waals surface area (Å²) >= 11 is 1.89. The second-order valence-corrected chi connectivity index (χ2v) is 10.9. The molecule has 36 heavy (non-hydrogen) atoms. The quantitative estimate of drug-likeness (QED) is 0.223. The van der Waals surface area contributed by atoms with Gasteiger partial charge >= 0.3 is 0 Å². The number of nitrogens with zero attached hydrogens (tertiary/aromatic N) is 1. The van der Waals surface area contributed by atoms with E-state index < -0.39 is 0 Å². The predicted molar refractivity (Wildman–Crippen MR) is 157 cm³/mol. The highest BCUT2D eigenvalue weighted by Crippen LogP contribution is 2.42. The number of thiophene rings is 1. The second-order valence-electron chi connectivity index (χ2n) is 9.79. The summed E-state index contributed by atoms with van der Waals surface area (Å²) in [7, 11) is 0. The number of benzene rings is 6. The summed E-state index contributed by atoms with van der Waals surface area (Å²) in [5, 5.41) is 10.6. The Kier molecular flexibility index (Phi) is 3.47. The predicted octanol–water partition coefficient (Wildman–Crippen LogP) is 10.0. The van der Waals surface area contributed by atoms with Gasteiger partial charge in [0, 0.05) is 41.7 Å². The number of fused-ring (bicyclic) bond motifs is 10. The molecule has 0 bridgehead atoms. The van der Waals surface area contributed by atoms with Gasteiger partial charge in [0.1, 0.15) is 0 Å². The van der Waals surface area contributed by atoms with Gasteiger partial charge in [-0.05, 0) is 58.3 Å². The van der Waals surface area contributed by atoms with Gasteiger partial charge in [0.05, 0.1) is 16.6 Å². The van der Waals surface area contributed by atoms with E-state index in [1.54, 1.807) is 0 Å². The normalized spacial score (nSPS) is 12.4. The van der Waals surface area contributed by atoms with Crippen LogP contribution in [0.4, 0.5) is 0 Å². The Bertz CT molecular complexity index is 2310. The van der Waals surface area contributed by atoms with E-state index in [1.165, 1.54) is 80.2 Å². The summed E-state index contributed by atoms with van der Waals surface area (Å²) in [6.45, 7) is 0. The van der Waals surface area contributed by atoms with Crippen LogP contribution in [0.15, 0.2) is 115 Å². The van der Waals surface area contributed by atoms with E-state index in [1.807, 2.05) is 11.3 Å². The van der Waals surface area contributed by atoms with Crippen LogP contribution in [0.25, 0.3) is 80.2 Å². The first-order valence-corrected chi connectivity index (χ1v) is 13.2. The molecule has 0 N–H and O–H groups in total. The van der Waals surface area contributed by atoms with Crippen molar-refractivity contribution in [3.05, 3.63) is 115 Å². The monoisotopic (exact) mass is 473 g/mol. The minimum absolute atomic E-state index is 1.27. The van der Waals surface area contributed by atoms with Crippen molar-refractivity contribution in [1.82, 2.24) is 4.40 Å². The molecular formula is C34H19NS. The van der Waals surface area contributed by atoms with Gasteiger partial charge in [0.15, 0.2) is 0 Å². The lowest BCUT2D eigenvalue weighted by Crippen LogP contribution is -1.82. The molecule has 0 radical (unpaired) electrons. The standard InChI is InChI=1S/C34H19NS/c1-2-7-21-18-33-29(17-20(21)6-1)25-14-12-23(19-32(25)36-33)22-13-15-31-28(16-22)27-10-5-9-26-24-8-3-4-11-30(24)35(31)34(26)27/h1-19H. The number of rotatable bonds is 1. The summed E-state index contributed by atoms with van der Waals surface area (Å²) in [4.78, 5) is 0. The summed E-state index contributed by atoms with van der Waals surface area (Å²) in [6.07, 6.45) is 0. The Hall–Kier alpha value is -4.40. The first-order chi connectivity index (χ1) is 17.8. The van der Waals surface area contributed by atoms with E-state index in [9.17, 15) is 0 Å². The van der Waals surface area contributed by atoms with Crippen molar-refractivity contribution in [1.29, 1.82) is 0 Å². The van der Waals surface area contributed by atoms with Crippen molar-refractivity contribution < 1.29 is 0 Å². The first-order valence-electron chi connectivity index (χ1n) is 12.4. The Labute approximate surface area is 210 Å².